The molecular formula is C13H24N2O3. The van der Waals surface area contributed by atoms with Crippen LogP contribution in [-0.4, -0.2) is 41.1 Å². The molecule has 104 valence electrons. The molecule has 1 fully saturated rings. The molecule has 1 atom stereocenters. The minimum Gasteiger partial charge on any atom is -0.480 e. The second-order valence-corrected chi connectivity index (χ2v) is 5.04. The van der Waals surface area contributed by atoms with Gasteiger partial charge in [-0.15, -0.1) is 0 Å². The smallest absolute Gasteiger partial charge is 0.323 e. The predicted octanol–water partition coefficient (Wildman–Crippen LogP) is 2.07. The molecule has 1 unspecified atom stereocenters. The van der Waals surface area contributed by atoms with E-state index in [0.717, 1.165) is 12.8 Å². The highest BCUT2D eigenvalue weighted by atomic mass is 16.4. The van der Waals surface area contributed by atoms with Crippen LogP contribution in [0.5, 0.6) is 0 Å². The van der Waals surface area contributed by atoms with Crippen LogP contribution in [0.4, 0.5) is 4.79 Å². The summed E-state index contributed by atoms with van der Waals surface area (Å²) in [5.74, 6) is -0.441. The maximum atomic E-state index is 11.9. The highest BCUT2D eigenvalue weighted by Crippen LogP contribution is 2.26. The molecule has 0 aromatic rings. The second-order valence-electron chi connectivity index (χ2n) is 5.04. The van der Waals surface area contributed by atoms with Gasteiger partial charge in [-0.1, -0.05) is 19.3 Å². The van der Waals surface area contributed by atoms with E-state index in [0.29, 0.717) is 12.5 Å². The molecule has 1 saturated carbocycles. The van der Waals surface area contributed by atoms with E-state index in [9.17, 15) is 9.59 Å². The van der Waals surface area contributed by atoms with Gasteiger partial charge in [0.05, 0.1) is 0 Å². The average molecular weight is 256 g/mol. The summed E-state index contributed by atoms with van der Waals surface area (Å²) < 4.78 is 0. The molecule has 1 aliphatic carbocycles. The third-order valence-electron chi connectivity index (χ3n) is 3.70. The van der Waals surface area contributed by atoms with E-state index in [1.54, 1.807) is 6.92 Å². The average Bonchev–Trinajstić information content (AvgIpc) is 2.36. The van der Waals surface area contributed by atoms with Crippen molar-refractivity contribution in [1.82, 2.24) is 10.2 Å². The molecule has 0 radical (unpaired) electrons. The number of hydrogen-bond acceptors (Lipinski definition) is 2. The van der Waals surface area contributed by atoms with Gasteiger partial charge in [0, 0.05) is 12.6 Å². The lowest BCUT2D eigenvalue weighted by molar-refractivity contribution is -0.137. The Hall–Kier alpha value is -1.26. The van der Waals surface area contributed by atoms with E-state index in [1.165, 1.54) is 24.2 Å². The largest absolute Gasteiger partial charge is 0.480 e. The van der Waals surface area contributed by atoms with Gasteiger partial charge in [0.1, 0.15) is 6.54 Å². The standard InChI is InChI=1S/C13H24N2O3/c1-3-15(9-12(16)17)13(18)14-10(2)11-7-5-4-6-8-11/h10-11H,3-9H2,1-2H3,(H,14,18)(H,16,17). The number of carboxylic acid groups (broad SMARTS) is 1. The van der Waals surface area contributed by atoms with Crippen molar-refractivity contribution in [1.29, 1.82) is 0 Å². The number of carbonyl (C=O) groups excluding carboxylic acids is 1. The van der Waals surface area contributed by atoms with Crippen molar-refractivity contribution in [3.8, 4) is 0 Å². The van der Waals surface area contributed by atoms with E-state index in [1.807, 2.05) is 6.92 Å². The van der Waals surface area contributed by atoms with Crippen molar-refractivity contribution in [3.63, 3.8) is 0 Å². The molecule has 2 amide bonds. The first kappa shape index (κ1) is 14.8. The summed E-state index contributed by atoms with van der Waals surface area (Å²) >= 11 is 0. The summed E-state index contributed by atoms with van der Waals surface area (Å²) in [6.45, 7) is 3.98. The molecule has 2 N–H and O–H groups in total. The van der Waals surface area contributed by atoms with Crippen LogP contribution in [0.15, 0.2) is 0 Å². The maximum Gasteiger partial charge on any atom is 0.323 e. The van der Waals surface area contributed by atoms with Crippen molar-refractivity contribution in [2.45, 2.75) is 52.0 Å². The van der Waals surface area contributed by atoms with Gasteiger partial charge in [-0.3, -0.25) is 4.79 Å². The summed E-state index contributed by atoms with van der Waals surface area (Å²) in [4.78, 5) is 23.9. The number of likely N-dealkylation sites (N-methyl/N-ethyl adjacent to an activating group) is 1. The number of carboxylic acids is 1. The van der Waals surface area contributed by atoms with E-state index in [2.05, 4.69) is 5.32 Å². The lowest BCUT2D eigenvalue weighted by atomic mass is 9.84. The van der Waals surface area contributed by atoms with Crippen molar-refractivity contribution < 1.29 is 14.7 Å². The predicted molar refractivity (Wildman–Crippen MR) is 69.5 cm³/mol. The fourth-order valence-electron chi connectivity index (χ4n) is 2.53. The van der Waals surface area contributed by atoms with Crippen LogP contribution in [0.25, 0.3) is 0 Å². The third kappa shape index (κ3) is 4.55. The lowest BCUT2D eigenvalue weighted by Crippen LogP contribution is -2.48. The number of nitrogens with zero attached hydrogens (tertiary/aromatic N) is 1. The molecule has 0 bridgehead atoms. The number of nitrogens with one attached hydrogen (secondary N) is 1. The Bertz CT molecular complexity index is 288. The van der Waals surface area contributed by atoms with Gasteiger partial charge in [-0.25, -0.2) is 4.79 Å². The Kier molecular flexibility index (Phi) is 5.95. The number of aliphatic carboxylic acids is 1. The fraction of sp³-hybridized carbons (Fsp3) is 0.846. The number of carbonyl (C=O) groups is 2. The van der Waals surface area contributed by atoms with E-state index in [4.69, 9.17) is 5.11 Å². The first-order chi connectivity index (χ1) is 8.54. The molecular weight excluding hydrogens is 232 g/mol. The van der Waals surface area contributed by atoms with Crippen LogP contribution in [0.2, 0.25) is 0 Å². The molecule has 5 heteroatoms. The summed E-state index contributed by atoms with van der Waals surface area (Å²) in [5.41, 5.74) is 0. The molecule has 0 aliphatic heterocycles. The monoisotopic (exact) mass is 256 g/mol. The van der Waals surface area contributed by atoms with E-state index >= 15 is 0 Å². The lowest BCUT2D eigenvalue weighted by Gasteiger charge is -2.30. The van der Waals surface area contributed by atoms with Gasteiger partial charge in [-0.2, -0.15) is 0 Å². The van der Waals surface area contributed by atoms with Crippen LogP contribution in [0.3, 0.4) is 0 Å². The SMILES string of the molecule is CCN(CC(=O)O)C(=O)NC(C)C1CCCCC1. The highest BCUT2D eigenvalue weighted by molar-refractivity contribution is 5.80. The normalized spacial score (nSPS) is 18.1. The Morgan fingerprint density at radius 3 is 2.44 bits per heavy atom. The van der Waals surface area contributed by atoms with Gasteiger partial charge < -0.3 is 15.3 Å². The number of urea groups is 1. The number of hydrogen-bond donors (Lipinski definition) is 2. The van der Waals surface area contributed by atoms with Crippen molar-refractivity contribution in [2.24, 2.45) is 5.92 Å². The van der Waals surface area contributed by atoms with E-state index in [-0.39, 0.29) is 18.6 Å². The summed E-state index contributed by atoms with van der Waals surface area (Å²) in [6.07, 6.45) is 6.07. The van der Waals surface area contributed by atoms with Gasteiger partial charge >= 0.3 is 12.0 Å². The Morgan fingerprint density at radius 1 is 1.33 bits per heavy atom. The van der Waals surface area contributed by atoms with Crippen LogP contribution >= 0.6 is 0 Å². The molecule has 1 aliphatic rings. The maximum absolute atomic E-state index is 11.9. The molecule has 5 nitrogen and oxygen atoms in total. The molecule has 0 spiro atoms. The molecule has 0 aromatic carbocycles. The van der Waals surface area contributed by atoms with Gasteiger partial charge in [0.15, 0.2) is 0 Å². The van der Waals surface area contributed by atoms with Crippen LogP contribution < -0.4 is 5.32 Å². The van der Waals surface area contributed by atoms with Gasteiger partial charge in [0.25, 0.3) is 0 Å². The summed E-state index contributed by atoms with van der Waals surface area (Å²) in [7, 11) is 0. The van der Waals surface area contributed by atoms with Crippen molar-refractivity contribution >= 4 is 12.0 Å². The topological polar surface area (TPSA) is 69.6 Å². The zero-order valence-electron chi connectivity index (χ0n) is 11.3. The quantitative estimate of drug-likeness (QED) is 0.791. The minimum absolute atomic E-state index is 0.126. The Morgan fingerprint density at radius 2 is 1.94 bits per heavy atom. The first-order valence-corrected chi connectivity index (χ1v) is 6.81. The van der Waals surface area contributed by atoms with Gasteiger partial charge in [-0.05, 0) is 32.6 Å². The van der Waals surface area contributed by atoms with Gasteiger partial charge in [0.2, 0.25) is 0 Å². The number of rotatable bonds is 5. The summed E-state index contributed by atoms with van der Waals surface area (Å²) in [5, 5.41) is 11.7. The third-order valence-corrected chi connectivity index (χ3v) is 3.70. The van der Waals surface area contributed by atoms with Crippen LogP contribution in [0, 0.1) is 5.92 Å². The molecule has 0 aromatic heterocycles. The first-order valence-electron chi connectivity index (χ1n) is 6.81. The Balaban J connectivity index is 2.43. The van der Waals surface area contributed by atoms with Crippen molar-refractivity contribution in [2.75, 3.05) is 13.1 Å². The second kappa shape index (κ2) is 7.24. The Labute approximate surface area is 109 Å². The molecule has 18 heavy (non-hydrogen) atoms. The summed E-state index contributed by atoms with van der Waals surface area (Å²) in [6, 6.07) is -0.140. The molecule has 0 saturated heterocycles. The van der Waals surface area contributed by atoms with Crippen LogP contribution in [-0.2, 0) is 4.79 Å². The minimum atomic E-state index is -0.975. The molecule has 0 heterocycles. The molecule has 1 rings (SSSR count). The zero-order valence-corrected chi connectivity index (χ0v) is 11.3. The number of amides is 2. The highest BCUT2D eigenvalue weighted by Gasteiger charge is 2.23. The van der Waals surface area contributed by atoms with Crippen molar-refractivity contribution in [3.05, 3.63) is 0 Å². The fourth-order valence-corrected chi connectivity index (χ4v) is 2.53. The van der Waals surface area contributed by atoms with E-state index < -0.39 is 5.97 Å². The van der Waals surface area contributed by atoms with Crippen LogP contribution in [0.1, 0.15) is 46.0 Å². The zero-order chi connectivity index (χ0) is 13.5.